The van der Waals surface area contributed by atoms with E-state index in [9.17, 15) is 0 Å². The number of hydrogen-bond acceptors (Lipinski definition) is 4. The summed E-state index contributed by atoms with van der Waals surface area (Å²) in [5, 5.41) is 4.03. The Balaban J connectivity index is 1.39. The van der Waals surface area contributed by atoms with E-state index in [0.29, 0.717) is 5.54 Å². The van der Waals surface area contributed by atoms with Gasteiger partial charge in [0.1, 0.15) is 0 Å². The maximum absolute atomic E-state index is 5.56. The maximum Gasteiger partial charge on any atom is 0.0594 e. The summed E-state index contributed by atoms with van der Waals surface area (Å²) < 4.78 is 5.56. The average Bonchev–Trinajstić information content (AvgIpc) is 3.42. The summed E-state index contributed by atoms with van der Waals surface area (Å²) in [6, 6.07) is 0.846. The lowest BCUT2D eigenvalue weighted by molar-refractivity contribution is -0.0145. The fourth-order valence-electron chi connectivity index (χ4n) is 4.07. The Labute approximate surface area is 127 Å². The molecule has 0 radical (unpaired) electrons. The molecule has 2 saturated carbocycles. The Morgan fingerprint density at radius 3 is 2.40 bits per heavy atom. The van der Waals surface area contributed by atoms with Gasteiger partial charge < -0.3 is 10.1 Å². The number of morpholine rings is 1. The average molecular weight is 296 g/mol. The molecule has 0 amide bonds. The van der Waals surface area contributed by atoms with Crippen LogP contribution in [0.15, 0.2) is 0 Å². The monoisotopic (exact) mass is 296 g/mol. The molecule has 0 bridgehead atoms. The van der Waals surface area contributed by atoms with Gasteiger partial charge in [-0.25, -0.2) is 0 Å². The summed E-state index contributed by atoms with van der Waals surface area (Å²) in [5.74, 6) is 4.69. The van der Waals surface area contributed by atoms with Gasteiger partial charge in [0.05, 0.1) is 13.2 Å². The minimum absolute atomic E-state index is 0.427. The highest BCUT2D eigenvalue weighted by Crippen LogP contribution is 2.45. The maximum atomic E-state index is 5.56. The van der Waals surface area contributed by atoms with Crippen LogP contribution in [0, 0.1) is 11.8 Å². The van der Waals surface area contributed by atoms with E-state index in [4.69, 9.17) is 4.74 Å². The van der Waals surface area contributed by atoms with Crippen molar-refractivity contribution in [2.45, 2.75) is 43.7 Å². The van der Waals surface area contributed by atoms with E-state index in [2.05, 4.69) is 22.0 Å². The highest BCUT2D eigenvalue weighted by atomic mass is 32.2. The molecule has 1 atom stereocenters. The molecular weight excluding hydrogens is 268 g/mol. The molecular formula is C16H28N2OS. The lowest BCUT2D eigenvalue weighted by Gasteiger charge is -2.44. The third kappa shape index (κ3) is 2.90. The minimum Gasteiger partial charge on any atom is -0.379 e. The van der Waals surface area contributed by atoms with E-state index in [1.807, 2.05) is 0 Å². The Hall–Kier alpha value is 0.230. The predicted octanol–water partition coefficient (Wildman–Crippen LogP) is 1.97. The van der Waals surface area contributed by atoms with E-state index < -0.39 is 0 Å². The number of hydrogen-bond donors (Lipinski definition) is 1. The van der Waals surface area contributed by atoms with Gasteiger partial charge >= 0.3 is 0 Å². The lowest BCUT2D eigenvalue weighted by atomic mass is 9.94. The minimum atomic E-state index is 0.427. The molecule has 2 aliphatic carbocycles. The smallest absolute Gasteiger partial charge is 0.0594 e. The van der Waals surface area contributed by atoms with E-state index in [1.54, 1.807) is 0 Å². The number of thioether (sulfide) groups is 1. The molecule has 2 heterocycles. The van der Waals surface area contributed by atoms with Crippen LogP contribution in [0.1, 0.15) is 32.1 Å². The summed E-state index contributed by atoms with van der Waals surface area (Å²) in [7, 11) is 0. The first-order chi connectivity index (χ1) is 9.87. The second-order valence-electron chi connectivity index (χ2n) is 7.21. The first-order valence-electron chi connectivity index (χ1n) is 8.51. The summed E-state index contributed by atoms with van der Waals surface area (Å²) in [6.07, 6.45) is 7.29. The zero-order valence-electron chi connectivity index (χ0n) is 12.5. The van der Waals surface area contributed by atoms with Crippen LogP contribution < -0.4 is 5.32 Å². The zero-order chi connectivity index (χ0) is 13.4. The van der Waals surface area contributed by atoms with Crippen molar-refractivity contribution < 1.29 is 4.74 Å². The van der Waals surface area contributed by atoms with Gasteiger partial charge in [-0.2, -0.15) is 11.8 Å². The number of ether oxygens (including phenoxy) is 1. The van der Waals surface area contributed by atoms with E-state index in [1.165, 1.54) is 50.2 Å². The summed E-state index contributed by atoms with van der Waals surface area (Å²) in [5.41, 5.74) is 0.427. The van der Waals surface area contributed by atoms with Crippen molar-refractivity contribution in [2.24, 2.45) is 11.8 Å². The topological polar surface area (TPSA) is 24.5 Å². The molecule has 4 heteroatoms. The van der Waals surface area contributed by atoms with Crippen LogP contribution in [-0.2, 0) is 4.74 Å². The van der Waals surface area contributed by atoms with Gasteiger partial charge in [0.2, 0.25) is 0 Å². The SMILES string of the molecule is C1CN([C@@]2(CNC(C3CC3)C3CC3)CCSC2)CCO1. The Kier molecular flexibility index (Phi) is 4.01. The highest BCUT2D eigenvalue weighted by Gasteiger charge is 2.45. The quantitative estimate of drug-likeness (QED) is 0.810. The number of rotatable bonds is 6. The Morgan fingerprint density at radius 1 is 1.15 bits per heavy atom. The molecule has 4 rings (SSSR count). The summed E-state index contributed by atoms with van der Waals surface area (Å²) >= 11 is 2.15. The molecule has 20 heavy (non-hydrogen) atoms. The molecule has 3 nitrogen and oxygen atoms in total. The van der Waals surface area contributed by atoms with Gasteiger partial charge in [0.25, 0.3) is 0 Å². The normalized spacial score (nSPS) is 35.9. The van der Waals surface area contributed by atoms with Crippen molar-refractivity contribution in [1.29, 1.82) is 0 Å². The predicted molar refractivity (Wildman–Crippen MR) is 84.3 cm³/mol. The number of nitrogens with one attached hydrogen (secondary N) is 1. The second kappa shape index (κ2) is 5.79. The molecule has 0 aromatic rings. The molecule has 0 aromatic heterocycles. The van der Waals surface area contributed by atoms with E-state index in [0.717, 1.165) is 44.2 Å². The molecule has 2 saturated heterocycles. The number of nitrogens with zero attached hydrogens (tertiary/aromatic N) is 1. The van der Waals surface area contributed by atoms with Crippen LogP contribution in [0.2, 0.25) is 0 Å². The lowest BCUT2D eigenvalue weighted by Crippen LogP contribution is -2.59. The van der Waals surface area contributed by atoms with Crippen LogP contribution in [-0.4, -0.2) is 60.8 Å². The van der Waals surface area contributed by atoms with Crippen LogP contribution in [0.3, 0.4) is 0 Å². The fourth-order valence-corrected chi connectivity index (χ4v) is 5.55. The van der Waals surface area contributed by atoms with Crippen molar-refractivity contribution in [2.75, 3.05) is 44.4 Å². The molecule has 0 spiro atoms. The molecule has 4 aliphatic rings. The largest absolute Gasteiger partial charge is 0.379 e. The molecule has 0 unspecified atom stereocenters. The van der Waals surface area contributed by atoms with Gasteiger partial charge in [0, 0.05) is 37.0 Å². The molecule has 114 valence electrons. The summed E-state index contributed by atoms with van der Waals surface area (Å²) in [4.78, 5) is 2.74. The summed E-state index contributed by atoms with van der Waals surface area (Å²) in [6.45, 7) is 5.36. The van der Waals surface area contributed by atoms with Crippen LogP contribution >= 0.6 is 11.8 Å². The Bertz CT molecular complexity index is 319. The van der Waals surface area contributed by atoms with Crippen molar-refractivity contribution in [3.8, 4) is 0 Å². The molecule has 4 fully saturated rings. The second-order valence-corrected chi connectivity index (χ2v) is 8.31. The standard InChI is InChI=1S/C16H28N2OS/c1-2-13(1)15(14-3-4-14)17-11-16(5-10-20-12-16)18-6-8-19-9-7-18/h13-15,17H,1-12H2/t16-/m1/s1. The molecule has 2 aliphatic heterocycles. The van der Waals surface area contributed by atoms with Gasteiger partial charge in [0.15, 0.2) is 0 Å². The van der Waals surface area contributed by atoms with Crippen molar-refractivity contribution in [3.63, 3.8) is 0 Å². The zero-order valence-corrected chi connectivity index (χ0v) is 13.3. The van der Waals surface area contributed by atoms with Gasteiger partial charge in [-0.1, -0.05) is 0 Å². The van der Waals surface area contributed by atoms with Crippen molar-refractivity contribution in [1.82, 2.24) is 10.2 Å². The van der Waals surface area contributed by atoms with E-state index in [-0.39, 0.29) is 0 Å². The van der Waals surface area contributed by atoms with Crippen LogP contribution in [0.4, 0.5) is 0 Å². The van der Waals surface area contributed by atoms with Gasteiger partial charge in [-0.3, -0.25) is 4.90 Å². The fraction of sp³-hybridized carbons (Fsp3) is 1.00. The van der Waals surface area contributed by atoms with E-state index >= 15 is 0 Å². The molecule has 0 aromatic carbocycles. The first-order valence-corrected chi connectivity index (χ1v) is 9.67. The van der Waals surface area contributed by atoms with Gasteiger partial charge in [-0.05, 0) is 49.7 Å². The molecule has 1 N–H and O–H groups in total. The van der Waals surface area contributed by atoms with Gasteiger partial charge in [-0.15, -0.1) is 0 Å². The van der Waals surface area contributed by atoms with Crippen LogP contribution in [0.25, 0.3) is 0 Å². The first kappa shape index (κ1) is 13.9. The highest BCUT2D eigenvalue weighted by molar-refractivity contribution is 7.99. The Morgan fingerprint density at radius 2 is 1.85 bits per heavy atom. The third-order valence-electron chi connectivity index (χ3n) is 5.69. The van der Waals surface area contributed by atoms with Crippen LogP contribution in [0.5, 0.6) is 0 Å². The van der Waals surface area contributed by atoms with Crippen molar-refractivity contribution in [3.05, 3.63) is 0 Å². The third-order valence-corrected chi connectivity index (χ3v) is 6.93. The van der Waals surface area contributed by atoms with Crippen molar-refractivity contribution >= 4 is 11.8 Å².